The van der Waals surface area contributed by atoms with E-state index >= 15 is 0 Å². The van der Waals surface area contributed by atoms with Crippen LogP contribution in [0.5, 0.6) is 0 Å². The van der Waals surface area contributed by atoms with Crippen LogP contribution in [0.1, 0.15) is 55.7 Å². The number of carbonyl (C=O) groups excluding carboxylic acids is 2. The van der Waals surface area contributed by atoms with Crippen molar-refractivity contribution in [2.45, 2.75) is 46.5 Å². The summed E-state index contributed by atoms with van der Waals surface area (Å²) in [6.45, 7) is 10.6. The predicted molar refractivity (Wildman–Crippen MR) is 133 cm³/mol. The first-order valence-corrected chi connectivity index (χ1v) is 11.5. The molecule has 1 aromatic heterocycles. The lowest BCUT2D eigenvalue weighted by molar-refractivity contribution is -0.116. The highest BCUT2D eigenvalue weighted by Gasteiger charge is 2.23. The van der Waals surface area contributed by atoms with Crippen molar-refractivity contribution in [3.63, 3.8) is 0 Å². The third-order valence-corrected chi connectivity index (χ3v) is 5.55. The number of aryl methyl sites for hydroxylation is 1. The Labute approximate surface area is 200 Å². The fraction of sp³-hybridized carbons (Fsp3) is 0.346. The Morgan fingerprint density at radius 3 is 2.36 bits per heavy atom. The number of benzene rings is 2. The van der Waals surface area contributed by atoms with E-state index < -0.39 is 0 Å². The van der Waals surface area contributed by atoms with Crippen molar-refractivity contribution in [3.8, 4) is 5.69 Å². The van der Waals surface area contributed by atoms with Gasteiger partial charge in [0.2, 0.25) is 5.91 Å². The van der Waals surface area contributed by atoms with E-state index in [0.717, 1.165) is 23.4 Å². The average molecular weight is 467 g/mol. The number of amides is 2. The lowest BCUT2D eigenvalue weighted by Gasteiger charge is -2.22. The quantitative estimate of drug-likeness (QED) is 0.491. The number of para-hydroxylation sites is 1. The third-order valence-electron chi connectivity index (χ3n) is 5.30. The molecule has 2 aromatic carbocycles. The Hall–Kier alpha value is -3.12. The molecule has 33 heavy (non-hydrogen) atoms. The van der Waals surface area contributed by atoms with Gasteiger partial charge in [-0.3, -0.25) is 9.59 Å². The van der Waals surface area contributed by atoms with E-state index in [2.05, 4.69) is 26.1 Å². The summed E-state index contributed by atoms with van der Waals surface area (Å²) < 4.78 is 1.76. The van der Waals surface area contributed by atoms with Crippen LogP contribution in [0.15, 0.2) is 54.6 Å². The SMILES string of the molecule is CCCN(CC(=O)Nc1cc(C(C)(C)C)nn1-c1ccccc1C)C(=O)c1ccc(Cl)cc1. The molecule has 6 nitrogen and oxygen atoms in total. The van der Waals surface area contributed by atoms with Gasteiger partial charge in [0.15, 0.2) is 0 Å². The summed E-state index contributed by atoms with van der Waals surface area (Å²) in [7, 11) is 0. The molecule has 3 rings (SSSR count). The van der Waals surface area contributed by atoms with Crippen LogP contribution in [0, 0.1) is 6.92 Å². The van der Waals surface area contributed by atoms with Crippen molar-refractivity contribution < 1.29 is 9.59 Å². The minimum absolute atomic E-state index is 0.0564. The second kappa shape index (κ2) is 10.2. The van der Waals surface area contributed by atoms with Gasteiger partial charge in [0.05, 0.1) is 11.4 Å². The average Bonchev–Trinajstić information content (AvgIpc) is 3.18. The van der Waals surface area contributed by atoms with Crippen LogP contribution >= 0.6 is 11.6 Å². The van der Waals surface area contributed by atoms with E-state index in [4.69, 9.17) is 16.7 Å². The van der Waals surface area contributed by atoms with Gasteiger partial charge in [0.25, 0.3) is 5.91 Å². The molecule has 7 heteroatoms. The smallest absolute Gasteiger partial charge is 0.254 e. The lowest BCUT2D eigenvalue weighted by Crippen LogP contribution is -2.38. The number of hydrogen-bond acceptors (Lipinski definition) is 3. The summed E-state index contributed by atoms with van der Waals surface area (Å²) in [6, 6.07) is 16.5. The van der Waals surface area contributed by atoms with Gasteiger partial charge in [-0.25, -0.2) is 4.68 Å². The van der Waals surface area contributed by atoms with Crippen LogP contribution < -0.4 is 5.32 Å². The molecule has 2 amide bonds. The first kappa shape index (κ1) is 24.5. The molecule has 1 N–H and O–H groups in total. The maximum absolute atomic E-state index is 13.0. The molecule has 0 atom stereocenters. The van der Waals surface area contributed by atoms with Crippen LogP contribution in [0.25, 0.3) is 5.69 Å². The number of hydrogen-bond donors (Lipinski definition) is 1. The number of nitrogens with one attached hydrogen (secondary N) is 1. The van der Waals surface area contributed by atoms with Gasteiger partial charge in [0.1, 0.15) is 12.4 Å². The minimum atomic E-state index is -0.277. The summed E-state index contributed by atoms with van der Waals surface area (Å²) in [5, 5.41) is 8.32. The molecule has 0 aliphatic rings. The van der Waals surface area contributed by atoms with E-state index in [1.807, 2.05) is 44.2 Å². The van der Waals surface area contributed by atoms with Gasteiger partial charge in [-0.05, 0) is 49.2 Å². The summed E-state index contributed by atoms with van der Waals surface area (Å²) in [4.78, 5) is 27.6. The zero-order valence-electron chi connectivity index (χ0n) is 19.9. The highest BCUT2D eigenvalue weighted by atomic mass is 35.5. The van der Waals surface area contributed by atoms with Crippen LogP contribution in [0.3, 0.4) is 0 Å². The van der Waals surface area contributed by atoms with E-state index in [9.17, 15) is 9.59 Å². The molecular weight excluding hydrogens is 436 g/mol. The summed E-state index contributed by atoms with van der Waals surface area (Å²) in [5.41, 5.74) is 3.11. The monoisotopic (exact) mass is 466 g/mol. The van der Waals surface area contributed by atoms with Crippen LogP contribution in [0.4, 0.5) is 5.82 Å². The highest BCUT2D eigenvalue weighted by Crippen LogP contribution is 2.27. The molecule has 0 aliphatic carbocycles. The van der Waals surface area contributed by atoms with E-state index in [1.54, 1.807) is 33.8 Å². The zero-order valence-corrected chi connectivity index (χ0v) is 20.6. The summed E-state index contributed by atoms with van der Waals surface area (Å²) in [5.74, 6) is 0.0991. The molecule has 3 aromatic rings. The van der Waals surface area contributed by atoms with Crippen LogP contribution in [-0.4, -0.2) is 39.6 Å². The number of carbonyl (C=O) groups is 2. The molecule has 0 fully saturated rings. The molecule has 0 spiro atoms. The van der Waals surface area contributed by atoms with Gasteiger partial charge < -0.3 is 10.2 Å². The second-order valence-corrected chi connectivity index (χ2v) is 9.58. The summed E-state index contributed by atoms with van der Waals surface area (Å²) in [6.07, 6.45) is 0.738. The number of rotatable bonds is 7. The van der Waals surface area contributed by atoms with Crippen LogP contribution in [0.2, 0.25) is 5.02 Å². The van der Waals surface area contributed by atoms with Crippen molar-refractivity contribution in [3.05, 3.63) is 76.4 Å². The number of anilines is 1. The van der Waals surface area contributed by atoms with E-state index in [0.29, 0.717) is 22.9 Å². The minimum Gasteiger partial charge on any atom is -0.329 e. The Kier molecular flexibility index (Phi) is 7.59. The van der Waals surface area contributed by atoms with Gasteiger partial charge in [-0.15, -0.1) is 0 Å². The molecule has 0 saturated carbocycles. The fourth-order valence-electron chi connectivity index (χ4n) is 3.47. The zero-order chi connectivity index (χ0) is 24.2. The normalized spacial score (nSPS) is 11.3. The van der Waals surface area contributed by atoms with Gasteiger partial charge >= 0.3 is 0 Å². The molecule has 0 bridgehead atoms. The molecule has 0 unspecified atom stereocenters. The Morgan fingerprint density at radius 2 is 1.76 bits per heavy atom. The number of halogens is 1. The Bertz CT molecular complexity index is 1130. The van der Waals surface area contributed by atoms with Crippen molar-refractivity contribution in [2.75, 3.05) is 18.4 Å². The van der Waals surface area contributed by atoms with E-state index in [-0.39, 0.29) is 23.8 Å². The molecule has 174 valence electrons. The third kappa shape index (κ3) is 6.02. The van der Waals surface area contributed by atoms with Crippen molar-refractivity contribution in [2.24, 2.45) is 0 Å². The standard InChI is InChI=1S/C26H31ClN4O2/c1-6-15-30(25(33)19-11-13-20(27)14-12-19)17-24(32)28-23-16-22(26(3,4)5)29-31(23)21-10-8-7-9-18(21)2/h7-14,16H,6,15,17H2,1-5H3,(H,28,32). The number of nitrogens with zero attached hydrogens (tertiary/aromatic N) is 3. The molecular formula is C26H31ClN4O2. The van der Waals surface area contributed by atoms with Crippen molar-refractivity contribution in [1.82, 2.24) is 14.7 Å². The molecule has 0 saturated heterocycles. The largest absolute Gasteiger partial charge is 0.329 e. The molecule has 0 aliphatic heterocycles. The summed E-state index contributed by atoms with van der Waals surface area (Å²) >= 11 is 5.94. The second-order valence-electron chi connectivity index (χ2n) is 9.14. The van der Waals surface area contributed by atoms with E-state index in [1.165, 1.54) is 0 Å². The maximum Gasteiger partial charge on any atom is 0.254 e. The molecule has 1 heterocycles. The fourth-order valence-corrected chi connectivity index (χ4v) is 3.60. The van der Waals surface area contributed by atoms with Crippen LogP contribution in [-0.2, 0) is 10.2 Å². The first-order chi connectivity index (χ1) is 15.6. The van der Waals surface area contributed by atoms with Crippen molar-refractivity contribution >= 4 is 29.2 Å². The Morgan fingerprint density at radius 1 is 1.09 bits per heavy atom. The van der Waals surface area contributed by atoms with Gasteiger partial charge in [-0.2, -0.15) is 5.10 Å². The van der Waals surface area contributed by atoms with Gasteiger partial charge in [0, 0.05) is 28.6 Å². The predicted octanol–water partition coefficient (Wildman–Crippen LogP) is 5.62. The van der Waals surface area contributed by atoms with Crippen molar-refractivity contribution in [1.29, 1.82) is 0 Å². The maximum atomic E-state index is 13.0. The topological polar surface area (TPSA) is 67.2 Å². The lowest BCUT2D eigenvalue weighted by atomic mass is 9.92. The van der Waals surface area contributed by atoms with Gasteiger partial charge in [-0.1, -0.05) is 57.5 Å². The first-order valence-electron chi connectivity index (χ1n) is 11.1. The number of aromatic nitrogens is 2. The highest BCUT2D eigenvalue weighted by molar-refractivity contribution is 6.30. The Balaban J connectivity index is 1.86. The molecule has 0 radical (unpaired) electrons.